The lowest BCUT2D eigenvalue weighted by molar-refractivity contribution is -0.757. The number of benzene rings is 1. The molecule has 0 aromatic heterocycles. The number of hydrogen-bond donors (Lipinski definition) is 0. The van der Waals surface area contributed by atoms with Gasteiger partial charge < -0.3 is 14.3 Å². The molecule has 0 radical (unpaired) electrons. The molecule has 2 aliphatic rings. The fraction of sp³-hybridized carbons (Fsp3) is 0.609. The first kappa shape index (κ1) is 23.9. The number of esters is 1. The average molecular weight is 453 g/mol. The molecule has 0 N–H and O–H groups in total. The number of carbonyl (C=O) groups is 1. The fourth-order valence-electron chi connectivity index (χ4n) is 4.58. The Hall–Kier alpha value is -2.71. The van der Waals surface area contributed by atoms with Crippen molar-refractivity contribution in [3.05, 3.63) is 45.0 Å². The molecular formula is C23H29F2NO6. The number of alkyl halides is 2. The maximum Gasteiger partial charge on any atom is 0.311 e. The van der Waals surface area contributed by atoms with Crippen molar-refractivity contribution in [3.8, 4) is 11.5 Å². The first-order valence-electron chi connectivity index (χ1n) is 10.8. The molecule has 0 bridgehead atoms. The number of halogens is 2. The Labute approximate surface area is 185 Å². The Kier molecular flexibility index (Phi) is 6.76. The average Bonchev–Trinajstić information content (AvgIpc) is 2.70. The van der Waals surface area contributed by atoms with Crippen LogP contribution in [-0.4, -0.2) is 23.3 Å². The van der Waals surface area contributed by atoms with Gasteiger partial charge in [-0.1, -0.05) is 18.6 Å². The first-order chi connectivity index (χ1) is 14.9. The Morgan fingerprint density at radius 2 is 2.09 bits per heavy atom. The van der Waals surface area contributed by atoms with E-state index in [1.54, 1.807) is 0 Å². The number of rotatable bonds is 8. The van der Waals surface area contributed by atoms with Gasteiger partial charge in [-0.2, -0.15) is 0 Å². The first-order valence-corrected chi connectivity index (χ1v) is 10.8. The van der Waals surface area contributed by atoms with Crippen LogP contribution < -0.4 is 9.47 Å². The van der Waals surface area contributed by atoms with Gasteiger partial charge in [0.1, 0.15) is 17.1 Å². The monoisotopic (exact) mass is 453 g/mol. The molecule has 0 fully saturated rings. The number of ether oxygens (including phenoxy) is 2. The normalized spacial score (nSPS) is 21.5. The summed E-state index contributed by atoms with van der Waals surface area (Å²) in [4.78, 5) is 26.9. The van der Waals surface area contributed by atoms with Crippen LogP contribution in [0.25, 0.3) is 0 Å². The van der Waals surface area contributed by atoms with Crippen LogP contribution in [0.5, 0.6) is 11.5 Å². The minimum absolute atomic E-state index is 0.0383. The minimum atomic E-state index is -3.11. The Morgan fingerprint density at radius 3 is 2.75 bits per heavy atom. The van der Waals surface area contributed by atoms with Gasteiger partial charge in [-0.3, -0.25) is 4.79 Å². The molecule has 32 heavy (non-hydrogen) atoms. The van der Waals surface area contributed by atoms with Gasteiger partial charge in [-0.05, 0) is 52.2 Å². The molecule has 7 nitrogen and oxygen atoms in total. The highest BCUT2D eigenvalue weighted by Crippen LogP contribution is 2.55. The molecule has 1 aromatic rings. The Morgan fingerprint density at radius 1 is 1.38 bits per heavy atom. The molecule has 0 unspecified atom stereocenters. The predicted octanol–water partition coefficient (Wildman–Crippen LogP) is 5.69. The lowest BCUT2D eigenvalue weighted by atomic mass is 9.67. The van der Waals surface area contributed by atoms with Gasteiger partial charge in [0.15, 0.2) is 0 Å². The fourth-order valence-corrected chi connectivity index (χ4v) is 4.58. The van der Waals surface area contributed by atoms with Crippen molar-refractivity contribution in [3.63, 3.8) is 0 Å². The van der Waals surface area contributed by atoms with Gasteiger partial charge in [-0.25, -0.2) is 8.78 Å². The van der Waals surface area contributed by atoms with Crippen LogP contribution in [-0.2, 0) is 15.6 Å². The molecule has 0 saturated heterocycles. The van der Waals surface area contributed by atoms with Crippen LogP contribution in [0.4, 0.5) is 8.78 Å². The van der Waals surface area contributed by atoms with Crippen LogP contribution in [0.15, 0.2) is 23.8 Å². The molecule has 1 aliphatic carbocycles. The molecule has 2 atom stereocenters. The Bertz CT molecular complexity index is 927. The summed E-state index contributed by atoms with van der Waals surface area (Å²) in [5.41, 5.74) is 0.978. The third kappa shape index (κ3) is 5.02. The van der Waals surface area contributed by atoms with E-state index < -0.39 is 29.0 Å². The van der Waals surface area contributed by atoms with Crippen molar-refractivity contribution < 1.29 is 33.0 Å². The van der Waals surface area contributed by atoms with E-state index in [0.29, 0.717) is 11.3 Å². The zero-order valence-electron chi connectivity index (χ0n) is 18.8. The van der Waals surface area contributed by atoms with E-state index in [-0.39, 0.29) is 42.6 Å². The van der Waals surface area contributed by atoms with Crippen LogP contribution in [0.3, 0.4) is 0 Å². The summed E-state index contributed by atoms with van der Waals surface area (Å²) in [6.45, 7) is 7.07. The summed E-state index contributed by atoms with van der Waals surface area (Å²) in [5, 5.41) is 9.31. The van der Waals surface area contributed by atoms with Gasteiger partial charge in [-0.15, -0.1) is 10.1 Å². The summed E-state index contributed by atoms with van der Waals surface area (Å²) in [6, 6.07) is 2.60. The molecular weight excluding hydrogens is 424 g/mol. The standard InChI is InChI=1S/C23H29F2NO6/c1-5-23(24,25)15-12-18(31-20(27)7-6-10-30-26(28)29)21-16-11-14(2)8-9-17(16)22(3,4)32-19(21)13-15/h8,12-13,16-17H,5-7,9-11H2,1-4H3/t16-,17-/m1/s1. The van der Waals surface area contributed by atoms with Crippen molar-refractivity contribution in [2.75, 3.05) is 6.61 Å². The summed E-state index contributed by atoms with van der Waals surface area (Å²) in [7, 11) is 0. The molecule has 0 amide bonds. The number of allylic oxidation sites excluding steroid dienone is 2. The summed E-state index contributed by atoms with van der Waals surface area (Å²) < 4.78 is 41.0. The highest BCUT2D eigenvalue weighted by molar-refractivity contribution is 5.73. The van der Waals surface area contributed by atoms with E-state index in [9.17, 15) is 23.7 Å². The summed E-state index contributed by atoms with van der Waals surface area (Å²) in [6.07, 6.45) is 3.18. The van der Waals surface area contributed by atoms with Crippen LogP contribution >= 0.6 is 0 Å². The molecule has 0 saturated carbocycles. The van der Waals surface area contributed by atoms with E-state index in [4.69, 9.17) is 9.47 Å². The topological polar surface area (TPSA) is 87.9 Å². The number of fused-ring (bicyclic) bond motifs is 3. The molecule has 0 spiro atoms. The van der Waals surface area contributed by atoms with Gasteiger partial charge in [0.2, 0.25) is 0 Å². The third-order valence-electron chi connectivity index (χ3n) is 6.30. The second kappa shape index (κ2) is 9.03. The lowest BCUT2D eigenvalue weighted by Gasteiger charge is -2.47. The van der Waals surface area contributed by atoms with Crippen LogP contribution in [0.1, 0.15) is 76.8 Å². The van der Waals surface area contributed by atoms with Crippen molar-refractivity contribution in [1.82, 2.24) is 0 Å². The number of nitrogens with zero attached hydrogens (tertiary/aromatic N) is 1. The van der Waals surface area contributed by atoms with Crippen LogP contribution in [0, 0.1) is 16.0 Å². The molecule has 176 valence electrons. The van der Waals surface area contributed by atoms with Gasteiger partial charge in [0.25, 0.3) is 11.0 Å². The van der Waals surface area contributed by atoms with E-state index >= 15 is 0 Å². The van der Waals surface area contributed by atoms with Crippen LogP contribution in [0.2, 0.25) is 0 Å². The van der Waals surface area contributed by atoms with Crippen molar-refractivity contribution >= 4 is 5.97 Å². The van der Waals surface area contributed by atoms with E-state index in [1.807, 2.05) is 20.8 Å². The zero-order valence-corrected chi connectivity index (χ0v) is 18.8. The number of hydrogen-bond acceptors (Lipinski definition) is 6. The minimum Gasteiger partial charge on any atom is -0.487 e. The maximum absolute atomic E-state index is 14.6. The Balaban J connectivity index is 1.98. The highest BCUT2D eigenvalue weighted by Gasteiger charge is 2.47. The van der Waals surface area contributed by atoms with E-state index in [2.05, 4.69) is 10.9 Å². The molecule has 1 heterocycles. The van der Waals surface area contributed by atoms with E-state index in [1.165, 1.54) is 24.6 Å². The third-order valence-corrected chi connectivity index (χ3v) is 6.30. The van der Waals surface area contributed by atoms with Crippen molar-refractivity contribution in [1.29, 1.82) is 0 Å². The van der Waals surface area contributed by atoms with Gasteiger partial charge in [0.05, 0.1) is 6.61 Å². The SMILES string of the molecule is CCC(F)(F)c1cc(OC(=O)CCCO[N+](=O)[O-])c2c(c1)OC(C)(C)[C@@H]1CC=C(C)C[C@@H]21. The molecule has 3 rings (SSSR count). The zero-order chi connectivity index (χ0) is 23.7. The molecule has 9 heteroatoms. The summed E-state index contributed by atoms with van der Waals surface area (Å²) >= 11 is 0. The smallest absolute Gasteiger partial charge is 0.311 e. The predicted molar refractivity (Wildman–Crippen MR) is 112 cm³/mol. The van der Waals surface area contributed by atoms with Gasteiger partial charge >= 0.3 is 5.97 Å². The maximum atomic E-state index is 14.6. The van der Waals surface area contributed by atoms with Crippen molar-refractivity contribution in [2.24, 2.45) is 5.92 Å². The molecule has 1 aromatic carbocycles. The number of carbonyl (C=O) groups excluding carboxylic acids is 1. The van der Waals surface area contributed by atoms with E-state index in [0.717, 1.165) is 12.8 Å². The summed E-state index contributed by atoms with van der Waals surface area (Å²) in [5.74, 6) is -3.32. The molecule has 1 aliphatic heterocycles. The van der Waals surface area contributed by atoms with Gasteiger partial charge in [0, 0.05) is 35.8 Å². The quantitative estimate of drug-likeness (QED) is 0.125. The van der Waals surface area contributed by atoms with Crippen molar-refractivity contribution in [2.45, 2.75) is 77.2 Å². The lowest BCUT2D eigenvalue weighted by Crippen LogP contribution is -2.45. The second-order valence-corrected chi connectivity index (χ2v) is 8.99. The second-order valence-electron chi connectivity index (χ2n) is 8.99. The largest absolute Gasteiger partial charge is 0.487 e. The highest BCUT2D eigenvalue weighted by atomic mass is 19.3.